The fourth-order valence-electron chi connectivity index (χ4n) is 2.86. The molecule has 1 unspecified atom stereocenters. The molecule has 0 bridgehead atoms. The topological polar surface area (TPSA) is 18.5 Å². The maximum absolute atomic E-state index is 3.64. The van der Waals surface area contributed by atoms with Crippen molar-refractivity contribution in [3.63, 3.8) is 0 Å². The van der Waals surface area contributed by atoms with E-state index < -0.39 is 0 Å². The van der Waals surface area contributed by atoms with Crippen LogP contribution in [0.25, 0.3) is 0 Å². The van der Waals surface area contributed by atoms with Crippen LogP contribution in [0, 0.1) is 0 Å². The van der Waals surface area contributed by atoms with Crippen molar-refractivity contribution in [1.82, 2.24) is 10.2 Å². The van der Waals surface area contributed by atoms with Crippen molar-refractivity contribution < 1.29 is 0 Å². The number of hydrogen-bond acceptors (Lipinski definition) is 3. The summed E-state index contributed by atoms with van der Waals surface area (Å²) in [5, 5.41) is 3.64. The number of nitrogens with zero attached hydrogens (tertiary/aromatic N) is 2. The molecule has 1 atom stereocenters. The maximum Gasteiger partial charge on any atom is 0.0466 e. The molecule has 1 aromatic carbocycles. The summed E-state index contributed by atoms with van der Waals surface area (Å²) in [5.74, 6) is 0. The smallest absolute Gasteiger partial charge is 0.0466 e. The summed E-state index contributed by atoms with van der Waals surface area (Å²) in [5.41, 5.74) is 2.64. The first kappa shape index (κ1) is 20.0. The van der Waals surface area contributed by atoms with Gasteiger partial charge in [-0.15, -0.1) is 0 Å². The maximum atomic E-state index is 3.64. The van der Waals surface area contributed by atoms with E-state index in [0.29, 0.717) is 6.04 Å². The van der Waals surface area contributed by atoms with Gasteiger partial charge in [0, 0.05) is 32.4 Å². The molecule has 1 rings (SSSR count). The Balaban J connectivity index is 2.35. The molecule has 0 aliphatic carbocycles. The van der Waals surface area contributed by atoms with Gasteiger partial charge in [-0.05, 0) is 44.8 Å². The highest BCUT2D eigenvalue weighted by Gasteiger charge is 2.13. The largest absolute Gasteiger partial charge is 0.378 e. The molecule has 0 fully saturated rings. The minimum Gasteiger partial charge on any atom is -0.378 e. The third-order valence-corrected chi connectivity index (χ3v) is 4.46. The Kier molecular flexibility index (Phi) is 9.97. The van der Waals surface area contributed by atoms with E-state index in [-0.39, 0.29) is 0 Å². The zero-order valence-corrected chi connectivity index (χ0v) is 15.9. The molecule has 0 aliphatic heterocycles. The van der Waals surface area contributed by atoms with Gasteiger partial charge in [0.25, 0.3) is 0 Å². The molecule has 0 aliphatic rings. The van der Waals surface area contributed by atoms with Gasteiger partial charge in [0.2, 0.25) is 0 Å². The highest BCUT2D eigenvalue weighted by Crippen LogP contribution is 2.20. The molecule has 0 saturated heterocycles. The Hall–Kier alpha value is -1.06. The average Bonchev–Trinajstić information content (AvgIpc) is 2.53. The average molecular weight is 320 g/mol. The minimum absolute atomic E-state index is 0.436. The van der Waals surface area contributed by atoms with Crippen molar-refractivity contribution in [1.29, 1.82) is 0 Å². The fraction of sp³-hybridized carbons (Fsp3) is 0.700. The summed E-state index contributed by atoms with van der Waals surface area (Å²) in [6.45, 7) is 4.42. The molecule has 132 valence electrons. The molecule has 0 saturated carbocycles. The molecule has 0 aromatic heterocycles. The van der Waals surface area contributed by atoms with Crippen molar-refractivity contribution in [3.05, 3.63) is 29.8 Å². The number of unbranched alkanes of at least 4 members (excludes halogenated alkanes) is 5. The van der Waals surface area contributed by atoms with Crippen molar-refractivity contribution in [2.45, 2.75) is 51.5 Å². The predicted molar refractivity (Wildman–Crippen MR) is 103 cm³/mol. The van der Waals surface area contributed by atoms with E-state index >= 15 is 0 Å². The van der Waals surface area contributed by atoms with E-state index in [0.717, 1.165) is 13.1 Å². The highest BCUT2D eigenvalue weighted by atomic mass is 15.1. The van der Waals surface area contributed by atoms with Crippen LogP contribution < -0.4 is 10.2 Å². The Morgan fingerprint density at radius 2 is 1.48 bits per heavy atom. The van der Waals surface area contributed by atoms with E-state index in [1.807, 2.05) is 0 Å². The van der Waals surface area contributed by atoms with Gasteiger partial charge in [-0.2, -0.15) is 0 Å². The quantitative estimate of drug-likeness (QED) is 0.579. The zero-order chi connectivity index (χ0) is 17.1. The second-order valence-electron chi connectivity index (χ2n) is 6.94. The molecule has 0 heterocycles. The third-order valence-electron chi connectivity index (χ3n) is 4.46. The molecule has 1 aromatic rings. The van der Waals surface area contributed by atoms with E-state index in [4.69, 9.17) is 0 Å². The first-order chi connectivity index (χ1) is 11.1. The number of benzene rings is 1. The summed E-state index contributed by atoms with van der Waals surface area (Å²) in [4.78, 5) is 4.45. The SMILES string of the molecule is CCCCCCCCNCC(c1ccc(N(C)C)cc1)N(C)C. The molecule has 0 spiro atoms. The number of rotatable bonds is 12. The Morgan fingerprint density at radius 1 is 0.870 bits per heavy atom. The molecule has 0 amide bonds. The van der Waals surface area contributed by atoms with Crippen molar-refractivity contribution in [2.75, 3.05) is 46.2 Å². The summed E-state index contributed by atoms with van der Waals surface area (Å²) >= 11 is 0. The standard InChI is InChI=1S/C20H37N3/c1-6-7-8-9-10-11-16-21-17-20(23(4)5)18-12-14-19(15-13-18)22(2)3/h12-15,20-21H,6-11,16-17H2,1-5H3. The van der Waals surface area contributed by atoms with E-state index in [2.05, 4.69) is 74.5 Å². The van der Waals surface area contributed by atoms with Crippen LogP contribution in [-0.2, 0) is 0 Å². The van der Waals surface area contributed by atoms with Crippen LogP contribution in [0.1, 0.15) is 57.1 Å². The molecule has 1 N–H and O–H groups in total. The van der Waals surface area contributed by atoms with Gasteiger partial charge in [-0.1, -0.05) is 51.2 Å². The number of likely N-dealkylation sites (N-methyl/N-ethyl adjacent to an activating group) is 1. The molecule has 23 heavy (non-hydrogen) atoms. The van der Waals surface area contributed by atoms with Crippen LogP contribution in [0.3, 0.4) is 0 Å². The van der Waals surface area contributed by atoms with E-state index in [9.17, 15) is 0 Å². The van der Waals surface area contributed by atoms with Crippen LogP contribution in [0.5, 0.6) is 0 Å². The van der Waals surface area contributed by atoms with Crippen molar-refractivity contribution in [2.24, 2.45) is 0 Å². The van der Waals surface area contributed by atoms with Crippen molar-refractivity contribution >= 4 is 5.69 Å². The highest BCUT2D eigenvalue weighted by molar-refractivity contribution is 5.46. The minimum atomic E-state index is 0.436. The number of nitrogens with one attached hydrogen (secondary N) is 1. The Labute approximate surface area is 144 Å². The third kappa shape index (κ3) is 7.85. The number of hydrogen-bond donors (Lipinski definition) is 1. The lowest BCUT2D eigenvalue weighted by molar-refractivity contribution is 0.288. The molecular formula is C20H37N3. The fourth-order valence-corrected chi connectivity index (χ4v) is 2.86. The van der Waals surface area contributed by atoms with Crippen LogP contribution in [0.4, 0.5) is 5.69 Å². The van der Waals surface area contributed by atoms with Gasteiger partial charge in [0.15, 0.2) is 0 Å². The molecule has 3 heteroatoms. The van der Waals surface area contributed by atoms with E-state index in [1.54, 1.807) is 0 Å². The zero-order valence-electron chi connectivity index (χ0n) is 15.9. The Morgan fingerprint density at radius 3 is 2.04 bits per heavy atom. The second-order valence-corrected chi connectivity index (χ2v) is 6.94. The van der Waals surface area contributed by atoms with Crippen LogP contribution in [0.2, 0.25) is 0 Å². The van der Waals surface area contributed by atoms with Gasteiger partial charge in [-0.25, -0.2) is 0 Å². The van der Waals surface area contributed by atoms with Gasteiger partial charge in [0.05, 0.1) is 0 Å². The van der Waals surface area contributed by atoms with Crippen LogP contribution >= 0.6 is 0 Å². The van der Waals surface area contributed by atoms with Gasteiger partial charge >= 0.3 is 0 Å². The van der Waals surface area contributed by atoms with Crippen LogP contribution in [0.15, 0.2) is 24.3 Å². The first-order valence-electron chi connectivity index (χ1n) is 9.20. The van der Waals surface area contributed by atoms with Gasteiger partial charge in [-0.3, -0.25) is 0 Å². The van der Waals surface area contributed by atoms with Crippen molar-refractivity contribution in [3.8, 4) is 0 Å². The predicted octanol–water partition coefficient (Wildman–Crippen LogP) is 4.31. The Bertz CT molecular complexity index is 398. The normalized spacial score (nSPS) is 12.6. The van der Waals surface area contributed by atoms with Gasteiger partial charge in [0.1, 0.15) is 0 Å². The summed E-state index contributed by atoms with van der Waals surface area (Å²) in [7, 11) is 8.49. The lowest BCUT2D eigenvalue weighted by atomic mass is 10.0. The van der Waals surface area contributed by atoms with E-state index in [1.165, 1.54) is 49.8 Å². The van der Waals surface area contributed by atoms with Crippen LogP contribution in [-0.4, -0.2) is 46.2 Å². The van der Waals surface area contributed by atoms with Gasteiger partial charge < -0.3 is 15.1 Å². The monoisotopic (exact) mass is 319 g/mol. The molecule has 0 radical (unpaired) electrons. The molecule has 3 nitrogen and oxygen atoms in total. The summed E-state index contributed by atoms with van der Waals surface area (Å²) in [6.07, 6.45) is 8.16. The molecular weight excluding hydrogens is 282 g/mol. The first-order valence-corrected chi connectivity index (χ1v) is 9.20. The lowest BCUT2D eigenvalue weighted by Gasteiger charge is -2.26. The lowest BCUT2D eigenvalue weighted by Crippen LogP contribution is -2.31. The second kappa shape index (κ2) is 11.5. The summed E-state index contributed by atoms with van der Waals surface area (Å²) < 4.78 is 0. The summed E-state index contributed by atoms with van der Waals surface area (Å²) in [6, 6.07) is 9.36. The number of anilines is 1.